The Morgan fingerprint density at radius 3 is 2.62 bits per heavy atom. The van der Waals surface area contributed by atoms with Crippen LogP contribution in [0.25, 0.3) is 0 Å². The lowest BCUT2D eigenvalue weighted by Gasteiger charge is -2.30. The Morgan fingerprint density at radius 1 is 1.29 bits per heavy atom. The lowest BCUT2D eigenvalue weighted by molar-refractivity contribution is 0.194. The van der Waals surface area contributed by atoms with Crippen LogP contribution in [-0.4, -0.2) is 43.7 Å². The smallest absolute Gasteiger partial charge is 0.118 e. The van der Waals surface area contributed by atoms with Gasteiger partial charge in [0.25, 0.3) is 0 Å². The number of rotatable bonds is 5. The highest BCUT2D eigenvalue weighted by molar-refractivity contribution is 5.27. The third kappa shape index (κ3) is 4.72. The second-order valence-corrected chi connectivity index (χ2v) is 6.54. The Morgan fingerprint density at radius 2 is 2.00 bits per heavy atom. The van der Waals surface area contributed by atoms with E-state index in [0.29, 0.717) is 18.0 Å². The van der Waals surface area contributed by atoms with E-state index in [9.17, 15) is 0 Å². The summed E-state index contributed by atoms with van der Waals surface area (Å²) in [7, 11) is 1.72. The van der Waals surface area contributed by atoms with E-state index in [1.807, 2.05) is 0 Å². The zero-order chi connectivity index (χ0) is 15.2. The van der Waals surface area contributed by atoms with Gasteiger partial charge < -0.3 is 10.1 Å². The summed E-state index contributed by atoms with van der Waals surface area (Å²) in [6, 6.07) is 9.75. The first-order valence-corrected chi connectivity index (χ1v) is 8.20. The highest BCUT2D eigenvalue weighted by Crippen LogP contribution is 2.16. The highest BCUT2D eigenvalue weighted by atomic mass is 16.5. The average molecular weight is 290 g/mol. The van der Waals surface area contributed by atoms with Crippen molar-refractivity contribution in [1.29, 1.82) is 0 Å². The van der Waals surface area contributed by atoms with Crippen LogP contribution in [0.5, 0.6) is 5.75 Å². The molecule has 1 fully saturated rings. The molecule has 0 aliphatic carbocycles. The van der Waals surface area contributed by atoms with E-state index in [1.165, 1.54) is 12.0 Å². The summed E-state index contributed by atoms with van der Waals surface area (Å²) >= 11 is 0. The molecule has 2 unspecified atom stereocenters. The number of hydrogen-bond acceptors (Lipinski definition) is 3. The number of nitrogens with one attached hydrogen (secondary N) is 1. The van der Waals surface area contributed by atoms with Gasteiger partial charge in [0.2, 0.25) is 0 Å². The van der Waals surface area contributed by atoms with Crippen LogP contribution < -0.4 is 10.1 Å². The second kappa shape index (κ2) is 7.81. The lowest BCUT2D eigenvalue weighted by atomic mass is 10.0. The topological polar surface area (TPSA) is 24.5 Å². The van der Waals surface area contributed by atoms with Crippen molar-refractivity contribution in [3.8, 4) is 5.75 Å². The molecule has 3 nitrogen and oxygen atoms in total. The fraction of sp³-hybridized carbons (Fsp3) is 0.667. The molecule has 3 heteroatoms. The number of hydrogen-bond donors (Lipinski definition) is 1. The van der Waals surface area contributed by atoms with Gasteiger partial charge in [-0.05, 0) is 49.9 Å². The molecular formula is C18H30N2O. The molecule has 1 saturated heterocycles. The van der Waals surface area contributed by atoms with Crippen molar-refractivity contribution in [3.63, 3.8) is 0 Å². The minimum absolute atomic E-state index is 0.616. The normalized spacial score (nSPS) is 24.0. The molecule has 1 N–H and O–H groups in total. The molecule has 0 saturated carbocycles. The van der Waals surface area contributed by atoms with Crippen molar-refractivity contribution in [2.45, 2.75) is 45.7 Å². The van der Waals surface area contributed by atoms with Crippen LogP contribution in [0, 0.1) is 5.92 Å². The van der Waals surface area contributed by atoms with Crippen LogP contribution in [0.2, 0.25) is 0 Å². The third-order valence-electron chi connectivity index (χ3n) is 4.67. The van der Waals surface area contributed by atoms with Crippen molar-refractivity contribution in [1.82, 2.24) is 10.2 Å². The van der Waals surface area contributed by atoms with Crippen LogP contribution >= 0.6 is 0 Å². The quantitative estimate of drug-likeness (QED) is 0.902. The summed E-state index contributed by atoms with van der Waals surface area (Å²) in [6.07, 6.45) is 2.35. The summed E-state index contributed by atoms with van der Waals surface area (Å²) in [5.41, 5.74) is 1.39. The first-order valence-electron chi connectivity index (χ1n) is 8.20. The predicted molar refractivity (Wildman–Crippen MR) is 89.0 cm³/mol. The zero-order valence-corrected chi connectivity index (χ0v) is 13.9. The monoisotopic (exact) mass is 290 g/mol. The largest absolute Gasteiger partial charge is 0.497 e. The van der Waals surface area contributed by atoms with Crippen LogP contribution in [0.1, 0.15) is 32.8 Å². The predicted octanol–water partition coefficient (Wildman–Crippen LogP) is 2.95. The van der Waals surface area contributed by atoms with E-state index in [0.717, 1.165) is 31.8 Å². The van der Waals surface area contributed by atoms with E-state index in [1.54, 1.807) is 7.11 Å². The molecule has 0 radical (unpaired) electrons. The van der Waals surface area contributed by atoms with Crippen molar-refractivity contribution in [3.05, 3.63) is 29.8 Å². The van der Waals surface area contributed by atoms with Gasteiger partial charge in [0.1, 0.15) is 5.75 Å². The summed E-state index contributed by atoms with van der Waals surface area (Å²) in [5.74, 6) is 1.63. The molecule has 1 heterocycles. The van der Waals surface area contributed by atoms with Gasteiger partial charge in [-0.25, -0.2) is 0 Å². The second-order valence-electron chi connectivity index (χ2n) is 6.54. The summed E-state index contributed by atoms with van der Waals surface area (Å²) in [4.78, 5) is 2.65. The Labute approximate surface area is 129 Å². The Bertz CT molecular complexity index is 416. The van der Waals surface area contributed by atoms with Crippen molar-refractivity contribution in [2.75, 3.05) is 26.7 Å². The molecule has 1 aromatic carbocycles. The summed E-state index contributed by atoms with van der Waals surface area (Å²) < 4.78 is 5.22. The maximum absolute atomic E-state index is 5.22. The number of benzene rings is 1. The van der Waals surface area contributed by atoms with Crippen LogP contribution in [0.3, 0.4) is 0 Å². The van der Waals surface area contributed by atoms with Gasteiger partial charge >= 0.3 is 0 Å². The van der Waals surface area contributed by atoms with Crippen LogP contribution in [-0.2, 0) is 6.42 Å². The molecule has 1 aliphatic heterocycles. The van der Waals surface area contributed by atoms with E-state index in [-0.39, 0.29) is 0 Å². The first-order chi connectivity index (χ1) is 10.1. The van der Waals surface area contributed by atoms with E-state index in [2.05, 4.69) is 55.3 Å². The number of ether oxygens (including phenoxy) is 1. The van der Waals surface area contributed by atoms with Crippen LogP contribution in [0.15, 0.2) is 24.3 Å². The molecule has 0 aromatic heterocycles. The SMILES string of the molecule is COc1ccc(CCN2CC(C(C)C)NCCC2C)cc1. The maximum atomic E-state index is 5.22. The average Bonchev–Trinajstić information content (AvgIpc) is 2.67. The van der Waals surface area contributed by atoms with E-state index >= 15 is 0 Å². The highest BCUT2D eigenvalue weighted by Gasteiger charge is 2.24. The van der Waals surface area contributed by atoms with Crippen molar-refractivity contribution < 1.29 is 4.74 Å². The Hall–Kier alpha value is -1.06. The molecule has 0 bridgehead atoms. The first kappa shape index (κ1) is 16.3. The molecule has 0 amide bonds. The lowest BCUT2D eigenvalue weighted by Crippen LogP contribution is -2.43. The van der Waals surface area contributed by atoms with Crippen molar-refractivity contribution in [2.24, 2.45) is 5.92 Å². The Kier molecular flexibility index (Phi) is 6.07. The Balaban J connectivity index is 1.92. The van der Waals surface area contributed by atoms with Gasteiger partial charge in [-0.3, -0.25) is 4.90 Å². The minimum atomic E-state index is 0.616. The molecule has 1 aromatic rings. The van der Waals surface area contributed by atoms with E-state index < -0.39 is 0 Å². The maximum Gasteiger partial charge on any atom is 0.118 e. The summed E-state index contributed by atoms with van der Waals surface area (Å²) in [5, 5.41) is 3.70. The van der Waals surface area contributed by atoms with Gasteiger partial charge in [-0.15, -0.1) is 0 Å². The molecule has 1 aliphatic rings. The fourth-order valence-corrected chi connectivity index (χ4v) is 2.98. The van der Waals surface area contributed by atoms with Gasteiger partial charge in [0.15, 0.2) is 0 Å². The van der Waals surface area contributed by atoms with Crippen LogP contribution in [0.4, 0.5) is 0 Å². The van der Waals surface area contributed by atoms with Crippen molar-refractivity contribution >= 4 is 0 Å². The zero-order valence-electron chi connectivity index (χ0n) is 13.9. The number of methoxy groups -OCH3 is 1. The molecule has 21 heavy (non-hydrogen) atoms. The van der Waals surface area contributed by atoms with Gasteiger partial charge in [-0.1, -0.05) is 26.0 Å². The van der Waals surface area contributed by atoms with E-state index in [4.69, 9.17) is 4.74 Å². The molecule has 118 valence electrons. The van der Waals surface area contributed by atoms with Gasteiger partial charge in [-0.2, -0.15) is 0 Å². The summed E-state index contributed by atoms with van der Waals surface area (Å²) in [6.45, 7) is 10.4. The minimum Gasteiger partial charge on any atom is -0.497 e. The molecule has 2 rings (SSSR count). The standard InChI is InChI=1S/C18H30N2O/c1-14(2)18-13-20(15(3)9-11-19-18)12-10-16-5-7-17(21-4)8-6-16/h5-8,14-15,18-19H,9-13H2,1-4H3. The third-order valence-corrected chi connectivity index (χ3v) is 4.67. The molecule has 0 spiro atoms. The molecule has 2 atom stereocenters. The number of nitrogens with zero attached hydrogens (tertiary/aromatic N) is 1. The van der Waals surface area contributed by atoms with Gasteiger partial charge in [0.05, 0.1) is 7.11 Å². The molecular weight excluding hydrogens is 260 g/mol. The van der Waals surface area contributed by atoms with Gasteiger partial charge in [0, 0.05) is 25.2 Å². The fourth-order valence-electron chi connectivity index (χ4n) is 2.98.